The van der Waals surface area contributed by atoms with Crippen LogP contribution in [-0.2, 0) is 35.6 Å². The Morgan fingerprint density at radius 2 is 1.63 bits per heavy atom. The molecule has 12 nitrogen and oxygen atoms in total. The van der Waals surface area contributed by atoms with E-state index in [1.54, 1.807) is 48.7 Å². The topological polar surface area (TPSA) is 149 Å². The van der Waals surface area contributed by atoms with Gasteiger partial charge in [-0.15, -0.1) is 0 Å². The van der Waals surface area contributed by atoms with E-state index < -0.39 is 30.1 Å². The minimum Gasteiger partial charge on any atom is -0.489 e. The number of nitrogens with one attached hydrogen (secondary N) is 2. The Balaban J connectivity index is 0.943. The smallest absolute Gasteiger partial charge is 0.326 e. The van der Waals surface area contributed by atoms with Crippen LogP contribution in [0.1, 0.15) is 64.4 Å². The van der Waals surface area contributed by atoms with E-state index in [1.165, 1.54) is 4.90 Å². The highest BCUT2D eigenvalue weighted by molar-refractivity contribution is 6.42. The molecule has 1 saturated carbocycles. The summed E-state index contributed by atoms with van der Waals surface area (Å²) in [5.41, 5.74) is 5.89. The largest absolute Gasteiger partial charge is 0.489 e. The van der Waals surface area contributed by atoms with Crippen LogP contribution in [0, 0.1) is 13.8 Å². The minimum atomic E-state index is -1.24. The van der Waals surface area contributed by atoms with Crippen molar-refractivity contribution >= 4 is 41.1 Å². The third kappa shape index (κ3) is 9.25. The first-order chi connectivity index (χ1) is 29.0. The molecular weight excluding hydrogens is 807 g/mol. The van der Waals surface area contributed by atoms with Gasteiger partial charge in [0.25, 0.3) is 0 Å². The van der Waals surface area contributed by atoms with Crippen LogP contribution in [0.25, 0.3) is 0 Å². The van der Waals surface area contributed by atoms with Crippen LogP contribution >= 0.6 is 23.2 Å². The van der Waals surface area contributed by atoms with Gasteiger partial charge in [-0.2, -0.15) is 0 Å². The molecule has 5 aromatic rings. The second-order valence-corrected chi connectivity index (χ2v) is 16.2. The molecule has 3 heterocycles. The summed E-state index contributed by atoms with van der Waals surface area (Å²) < 4.78 is 24.6. The number of urea groups is 1. The van der Waals surface area contributed by atoms with Gasteiger partial charge >= 0.3 is 12.0 Å². The maximum atomic E-state index is 14.1. The molecule has 0 radical (unpaired) electrons. The average Bonchev–Trinajstić information content (AvgIpc) is 3.23. The van der Waals surface area contributed by atoms with Gasteiger partial charge < -0.3 is 39.6 Å². The van der Waals surface area contributed by atoms with E-state index in [4.69, 9.17) is 42.1 Å². The quantitative estimate of drug-likeness (QED) is 0.112. The van der Waals surface area contributed by atoms with E-state index in [2.05, 4.69) is 15.6 Å². The summed E-state index contributed by atoms with van der Waals surface area (Å²) >= 11 is 12.2. The van der Waals surface area contributed by atoms with E-state index in [-0.39, 0.29) is 38.1 Å². The van der Waals surface area contributed by atoms with Gasteiger partial charge in [0, 0.05) is 42.9 Å². The lowest BCUT2D eigenvalue weighted by Gasteiger charge is -2.39. The molecule has 60 heavy (non-hydrogen) atoms. The molecule has 310 valence electrons. The molecule has 0 bridgehead atoms. The summed E-state index contributed by atoms with van der Waals surface area (Å²) in [7, 11) is 0. The predicted molar refractivity (Wildman–Crippen MR) is 225 cm³/mol. The summed E-state index contributed by atoms with van der Waals surface area (Å²) in [6.45, 7) is 4.54. The molecule has 4 aromatic carbocycles. The van der Waals surface area contributed by atoms with Gasteiger partial charge in [-0.3, -0.25) is 9.78 Å². The van der Waals surface area contributed by atoms with Gasteiger partial charge in [-0.05, 0) is 116 Å². The van der Waals surface area contributed by atoms with Crippen molar-refractivity contribution < 1.29 is 38.4 Å². The SMILES string of the molecule is Cc1nccc(Oc2ccc(C[C@H](NC(=O)[C@@H]3Cc4cc5c(cc4CN3C(=O)NC3CCC3)O[C@@H](c3ccc(OCc4ccc(Cl)c(Cl)c4)cc3)CO5)C(=O)O)cc2)c1C. The van der Waals surface area contributed by atoms with E-state index in [0.717, 1.165) is 52.8 Å². The molecule has 3 aliphatic rings. The molecule has 1 aromatic heterocycles. The Morgan fingerprint density at radius 3 is 2.35 bits per heavy atom. The van der Waals surface area contributed by atoms with Gasteiger partial charge in [0.1, 0.15) is 42.5 Å². The van der Waals surface area contributed by atoms with Crippen LogP contribution in [0.4, 0.5) is 4.79 Å². The number of amides is 3. The van der Waals surface area contributed by atoms with E-state index in [9.17, 15) is 19.5 Å². The highest BCUT2D eigenvalue weighted by atomic mass is 35.5. The van der Waals surface area contributed by atoms with Crippen LogP contribution in [0.3, 0.4) is 0 Å². The number of carbonyl (C=O) groups excluding carboxylic acids is 2. The lowest BCUT2D eigenvalue weighted by Crippen LogP contribution is -2.59. The lowest BCUT2D eigenvalue weighted by molar-refractivity contribution is -0.142. The zero-order chi connectivity index (χ0) is 41.9. The number of nitrogens with zero attached hydrogens (tertiary/aromatic N) is 2. The highest BCUT2D eigenvalue weighted by Crippen LogP contribution is 2.41. The molecule has 3 amide bonds. The minimum absolute atomic E-state index is 0.0284. The number of ether oxygens (including phenoxy) is 4. The highest BCUT2D eigenvalue weighted by Gasteiger charge is 2.39. The molecule has 1 fully saturated rings. The van der Waals surface area contributed by atoms with Crippen molar-refractivity contribution in [2.24, 2.45) is 0 Å². The van der Waals surface area contributed by atoms with Crippen molar-refractivity contribution in [3.8, 4) is 28.7 Å². The lowest BCUT2D eigenvalue weighted by atomic mass is 9.91. The number of carbonyl (C=O) groups is 3. The molecular formula is C46H44Cl2N4O8. The van der Waals surface area contributed by atoms with Crippen molar-refractivity contribution in [1.29, 1.82) is 0 Å². The van der Waals surface area contributed by atoms with Crippen LogP contribution in [-0.4, -0.2) is 57.6 Å². The summed E-state index contributed by atoms with van der Waals surface area (Å²) in [4.78, 5) is 46.1. The number of halogens is 2. The number of rotatable bonds is 12. The molecule has 0 saturated heterocycles. The fraction of sp³-hybridized carbons (Fsp3) is 0.304. The van der Waals surface area contributed by atoms with E-state index >= 15 is 0 Å². The van der Waals surface area contributed by atoms with E-state index in [0.29, 0.717) is 51.0 Å². The number of hydrogen-bond donors (Lipinski definition) is 3. The molecule has 2 aliphatic heterocycles. The average molecular weight is 852 g/mol. The number of carboxylic acid groups (broad SMARTS) is 1. The van der Waals surface area contributed by atoms with Crippen LogP contribution < -0.4 is 29.6 Å². The summed E-state index contributed by atoms with van der Waals surface area (Å²) in [6, 6.07) is 23.0. The maximum absolute atomic E-state index is 14.1. The van der Waals surface area contributed by atoms with Crippen molar-refractivity contribution in [3.05, 3.63) is 140 Å². The van der Waals surface area contributed by atoms with E-state index in [1.807, 2.05) is 56.3 Å². The fourth-order valence-electron chi connectivity index (χ4n) is 7.40. The molecule has 8 rings (SSSR count). The van der Waals surface area contributed by atoms with Gasteiger partial charge in [0.15, 0.2) is 17.6 Å². The van der Waals surface area contributed by atoms with Gasteiger partial charge in [0.05, 0.1) is 10.0 Å². The Bertz CT molecular complexity index is 2410. The second kappa shape index (κ2) is 17.7. The van der Waals surface area contributed by atoms with Gasteiger partial charge in [0.2, 0.25) is 5.91 Å². The monoisotopic (exact) mass is 850 g/mol. The molecule has 0 spiro atoms. The number of fused-ring (bicyclic) bond motifs is 2. The normalized spacial score (nSPS) is 17.4. The van der Waals surface area contributed by atoms with Crippen molar-refractivity contribution in [3.63, 3.8) is 0 Å². The van der Waals surface area contributed by atoms with Crippen molar-refractivity contribution in [1.82, 2.24) is 20.5 Å². The Kier molecular flexibility index (Phi) is 12.0. The van der Waals surface area contributed by atoms with Crippen molar-refractivity contribution in [2.45, 2.75) is 83.3 Å². The van der Waals surface area contributed by atoms with Crippen LogP contribution in [0.15, 0.2) is 91.1 Å². The van der Waals surface area contributed by atoms with Crippen molar-refractivity contribution in [2.75, 3.05) is 6.61 Å². The summed E-state index contributed by atoms with van der Waals surface area (Å²) in [5, 5.41) is 17.0. The van der Waals surface area contributed by atoms with Crippen LogP contribution in [0.2, 0.25) is 10.0 Å². The van der Waals surface area contributed by atoms with Gasteiger partial charge in [-0.1, -0.05) is 53.5 Å². The first kappa shape index (κ1) is 40.8. The number of aromatic nitrogens is 1. The number of benzene rings is 4. The number of aliphatic carboxylic acids is 1. The molecule has 3 atom stereocenters. The third-order valence-corrected chi connectivity index (χ3v) is 12.0. The van der Waals surface area contributed by atoms with Crippen LogP contribution in [0.5, 0.6) is 28.7 Å². The van der Waals surface area contributed by atoms with Gasteiger partial charge in [-0.25, -0.2) is 9.59 Å². The first-order valence-corrected chi connectivity index (χ1v) is 20.6. The molecule has 14 heteroatoms. The Morgan fingerprint density at radius 1 is 0.900 bits per heavy atom. The Labute approximate surface area is 357 Å². The molecule has 0 unspecified atom stereocenters. The molecule has 3 N–H and O–H groups in total. The first-order valence-electron chi connectivity index (χ1n) is 19.9. The zero-order valence-corrected chi connectivity index (χ0v) is 34.6. The number of hydrogen-bond acceptors (Lipinski definition) is 8. The fourth-order valence-corrected chi connectivity index (χ4v) is 7.72. The second-order valence-electron chi connectivity index (χ2n) is 15.4. The molecule has 1 aliphatic carbocycles. The Hall–Kier alpha value is -5.98. The summed E-state index contributed by atoms with van der Waals surface area (Å²) in [6.07, 6.45) is 4.23. The zero-order valence-electron chi connectivity index (χ0n) is 33.1. The number of carboxylic acids is 1. The summed E-state index contributed by atoms with van der Waals surface area (Å²) in [5.74, 6) is 1.26. The maximum Gasteiger partial charge on any atom is 0.326 e. The predicted octanol–water partition coefficient (Wildman–Crippen LogP) is 8.69. The standard InChI is InChI=1S/C46H44Cl2N4O8/c1-26-27(2)49-17-16-40(26)59-35-11-6-28(7-12-35)19-38(45(54)55)51-44(53)39-20-31-21-41-42(22-32(31)23-52(39)46(56)50-33-4-3-5-33)60-43(25-58-41)30-9-13-34(14-10-30)57-24-29-8-15-36(47)37(48)18-29/h6-18,21-22,33,38-39,43H,3-5,19-20,23-25H2,1-2H3,(H,50,56)(H,51,53)(H,54,55)/t38-,39-,43+/m0/s1. The number of aryl methyl sites for hydroxylation is 1. The third-order valence-electron chi connectivity index (χ3n) is 11.3. The number of pyridine rings is 1.